The second-order valence-electron chi connectivity index (χ2n) is 4.76. The van der Waals surface area contributed by atoms with E-state index < -0.39 is 11.7 Å². The Labute approximate surface area is 123 Å². The number of hydrogen-bond donors (Lipinski definition) is 0. The van der Waals surface area contributed by atoms with Crippen molar-refractivity contribution in [3.8, 4) is 11.3 Å². The van der Waals surface area contributed by atoms with Crippen LogP contribution in [-0.4, -0.2) is 20.4 Å². The molecule has 0 bridgehead atoms. The van der Waals surface area contributed by atoms with Crippen LogP contribution in [0.5, 0.6) is 0 Å². The van der Waals surface area contributed by atoms with Crippen LogP contribution in [0.2, 0.25) is 0 Å². The van der Waals surface area contributed by atoms with Gasteiger partial charge in [-0.2, -0.15) is 18.3 Å². The Bertz CT molecular complexity index is 868. The molecule has 3 rings (SSSR count). The number of ketones is 1. The number of benzene rings is 1. The highest BCUT2D eigenvalue weighted by Crippen LogP contribution is 2.32. The molecule has 3 aromatic rings. The molecule has 2 heterocycles. The number of rotatable bonds is 2. The molecule has 0 saturated heterocycles. The summed E-state index contributed by atoms with van der Waals surface area (Å²) in [5.41, 5.74) is 0.689. The molecule has 4 nitrogen and oxygen atoms in total. The molecule has 0 spiro atoms. The smallest absolute Gasteiger partial charge is 0.294 e. The predicted molar refractivity (Wildman–Crippen MR) is 73.4 cm³/mol. The van der Waals surface area contributed by atoms with Crippen molar-refractivity contribution in [2.45, 2.75) is 13.1 Å². The van der Waals surface area contributed by atoms with Crippen molar-refractivity contribution in [1.82, 2.24) is 14.6 Å². The highest BCUT2D eigenvalue weighted by Gasteiger charge is 2.30. The minimum atomic E-state index is -4.42. The van der Waals surface area contributed by atoms with Crippen LogP contribution in [0, 0.1) is 0 Å². The molecule has 0 aliphatic heterocycles. The van der Waals surface area contributed by atoms with E-state index in [1.165, 1.54) is 29.9 Å². The van der Waals surface area contributed by atoms with E-state index in [9.17, 15) is 18.0 Å². The third-order valence-corrected chi connectivity index (χ3v) is 3.27. The van der Waals surface area contributed by atoms with Crippen molar-refractivity contribution in [3.63, 3.8) is 0 Å². The van der Waals surface area contributed by atoms with Crippen LogP contribution in [-0.2, 0) is 6.18 Å². The fourth-order valence-corrected chi connectivity index (χ4v) is 2.21. The average Bonchev–Trinajstić information content (AvgIpc) is 2.90. The molecule has 22 heavy (non-hydrogen) atoms. The van der Waals surface area contributed by atoms with E-state index in [1.807, 2.05) is 0 Å². The van der Waals surface area contributed by atoms with Gasteiger partial charge in [0, 0.05) is 11.8 Å². The average molecular weight is 305 g/mol. The summed E-state index contributed by atoms with van der Waals surface area (Å²) in [6.07, 6.45) is -1.61. The van der Waals surface area contributed by atoms with Gasteiger partial charge >= 0.3 is 6.18 Å². The van der Waals surface area contributed by atoms with Crippen molar-refractivity contribution in [3.05, 3.63) is 53.9 Å². The van der Waals surface area contributed by atoms with Gasteiger partial charge in [0.1, 0.15) is 0 Å². The standard InChI is InChI=1S/C15H10F3N3O/c1-9(22)12-8-20-21-13(5-6-19-14(12)21)10-3-2-4-11(7-10)15(16,17)18/h2-8H,1H3. The van der Waals surface area contributed by atoms with Gasteiger partial charge in [-0.25, -0.2) is 9.50 Å². The summed E-state index contributed by atoms with van der Waals surface area (Å²) in [6, 6.07) is 6.49. The van der Waals surface area contributed by atoms with Crippen LogP contribution in [0.15, 0.2) is 42.7 Å². The lowest BCUT2D eigenvalue weighted by atomic mass is 10.1. The molecular weight excluding hydrogens is 295 g/mol. The Hall–Kier alpha value is -2.70. The summed E-state index contributed by atoms with van der Waals surface area (Å²) < 4.78 is 39.9. The van der Waals surface area contributed by atoms with E-state index in [2.05, 4.69) is 10.1 Å². The first kappa shape index (κ1) is 14.2. The Morgan fingerprint density at radius 2 is 2.00 bits per heavy atom. The number of halogens is 3. The van der Waals surface area contributed by atoms with Gasteiger partial charge in [0.05, 0.1) is 23.0 Å². The first-order valence-electron chi connectivity index (χ1n) is 6.39. The third-order valence-electron chi connectivity index (χ3n) is 3.27. The zero-order valence-corrected chi connectivity index (χ0v) is 11.4. The van der Waals surface area contributed by atoms with Crippen LogP contribution in [0.25, 0.3) is 16.9 Å². The molecule has 0 aliphatic carbocycles. The van der Waals surface area contributed by atoms with Gasteiger partial charge in [-0.05, 0) is 25.1 Å². The minimum absolute atomic E-state index is 0.205. The van der Waals surface area contributed by atoms with Crippen LogP contribution >= 0.6 is 0 Å². The maximum absolute atomic E-state index is 12.8. The van der Waals surface area contributed by atoms with E-state index in [1.54, 1.807) is 12.1 Å². The lowest BCUT2D eigenvalue weighted by molar-refractivity contribution is -0.137. The van der Waals surface area contributed by atoms with E-state index in [0.29, 0.717) is 22.5 Å². The molecule has 2 aromatic heterocycles. The van der Waals surface area contributed by atoms with Gasteiger partial charge in [0.2, 0.25) is 0 Å². The lowest BCUT2D eigenvalue weighted by Gasteiger charge is -2.09. The van der Waals surface area contributed by atoms with Crippen LogP contribution in [0.3, 0.4) is 0 Å². The van der Waals surface area contributed by atoms with Crippen molar-refractivity contribution < 1.29 is 18.0 Å². The maximum atomic E-state index is 12.8. The number of Topliss-reactive ketones (excluding diaryl/α,β-unsaturated/α-hetero) is 1. The van der Waals surface area contributed by atoms with E-state index in [4.69, 9.17) is 0 Å². The number of alkyl halides is 3. The zero-order valence-electron chi connectivity index (χ0n) is 11.4. The zero-order chi connectivity index (χ0) is 15.9. The number of carbonyl (C=O) groups excluding carboxylic acids is 1. The summed E-state index contributed by atoms with van der Waals surface area (Å²) in [5.74, 6) is -0.205. The number of hydrogen-bond acceptors (Lipinski definition) is 3. The molecule has 0 unspecified atom stereocenters. The molecule has 0 saturated carbocycles. The Balaban J connectivity index is 2.21. The molecule has 0 atom stereocenters. The summed E-state index contributed by atoms with van der Waals surface area (Å²) >= 11 is 0. The molecule has 0 radical (unpaired) electrons. The number of nitrogens with zero attached hydrogens (tertiary/aromatic N) is 3. The fourth-order valence-electron chi connectivity index (χ4n) is 2.21. The van der Waals surface area contributed by atoms with E-state index in [0.717, 1.165) is 12.1 Å². The predicted octanol–water partition coefficient (Wildman–Crippen LogP) is 3.62. The lowest BCUT2D eigenvalue weighted by Crippen LogP contribution is -2.05. The molecule has 1 aromatic carbocycles. The monoisotopic (exact) mass is 305 g/mol. The first-order valence-corrected chi connectivity index (χ1v) is 6.39. The molecule has 112 valence electrons. The van der Waals surface area contributed by atoms with Gasteiger partial charge in [0.15, 0.2) is 11.4 Å². The Morgan fingerprint density at radius 1 is 1.23 bits per heavy atom. The van der Waals surface area contributed by atoms with Crippen molar-refractivity contribution in [1.29, 1.82) is 0 Å². The number of fused-ring (bicyclic) bond motifs is 1. The van der Waals surface area contributed by atoms with Gasteiger partial charge < -0.3 is 0 Å². The highest BCUT2D eigenvalue weighted by molar-refractivity contribution is 5.99. The van der Waals surface area contributed by atoms with Crippen molar-refractivity contribution >= 4 is 11.4 Å². The molecule has 0 N–H and O–H groups in total. The summed E-state index contributed by atoms with van der Waals surface area (Å²) in [5, 5.41) is 4.06. The highest BCUT2D eigenvalue weighted by atomic mass is 19.4. The molecular formula is C15H10F3N3O. The van der Waals surface area contributed by atoms with E-state index >= 15 is 0 Å². The molecule has 0 amide bonds. The molecule has 7 heteroatoms. The van der Waals surface area contributed by atoms with Crippen LogP contribution in [0.1, 0.15) is 22.8 Å². The number of aromatic nitrogens is 3. The molecule has 0 fully saturated rings. The van der Waals surface area contributed by atoms with Crippen LogP contribution < -0.4 is 0 Å². The SMILES string of the molecule is CC(=O)c1cnn2c(-c3cccc(C(F)(F)F)c3)ccnc12. The second-order valence-corrected chi connectivity index (χ2v) is 4.76. The second kappa shape index (κ2) is 4.94. The fraction of sp³-hybridized carbons (Fsp3) is 0.133. The van der Waals surface area contributed by atoms with Gasteiger partial charge in [-0.15, -0.1) is 0 Å². The quantitative estimate of drug-likeness (QED) is 0.679. The largest absolute Gasteiger partial charge is 0.416 e. The van der Waals surface area contributed by atoms with Crippen molar-refractivity contribution in [2.75, 3.05) is 0 Å². The minimum Gasteiger partial charge on any atom is -0.294 e. The third kappa shape index (κ3) is 2.34. The maximum Gasteiger partial charge on any atom is 0.416 e. The van der Waals surface area contributed by atoms with Gasteiger partial charge in [-0.3, -0.25) is 4.79 Å². The summed E-state index contributed by atoms with van der Waals surface area (Å²) in [4.78, 5) is 15.6. The Kier molecular flexibility index (Phi) is 3.20. The number of carbonyl (C=O) groups is 1. The Morgan fingerprint density at radius 3 is 2.68 bits per heavy atom. The molecule has 0 aliphatic rings. The van der Waals surface area contributed by atoms with Gasteiger partial charge in [0.25, 0.3) is 0 Å². The first-order chi connectivity index (χ1) is 10.4. The summed E-state index contributed by atoms with van der Waals surface area (Å²) in [6.45, 7) is 1.38. The normalized spacial score (nSPS) is 11.8. The van der Waals surface area contributed by atoms with Gasteiger partial charge in [-0.1, -0.05) is 12.1 Å². The summed E-state index contributed by atoms with van der Waals surface area (Å²) in [7, 11) is 0. The van der Waals surface area contributed by atoms with Crippen molar-refractivity contribution in [2.24, 2.45) is 0 Å². The van der Waals surface area contributed by atoms with Crippen LogP contribution in [0.4, 0.5) is 13.2 Å². The topological polar surface area (TPSA) is 47.3 Å². The van der Waals surface area contributed by atoms with E-state index in [-0.39, 0.29) is 5.78 Å².